The Hall–Kier alpha value is -3.33. The standard InChI is InChI=1S/C16H14ClN5O4/c1-21-14(16(24)25)13(8-18-21)19-15(23)12-5-6-22(20-12)9-26-11-4-2-3-10(17)7-11/h2-8H,9H2,1H3,(H,19,23)(H,24,25). The van der Waals surface area contributed by atoms with Crippen molar-refractivity contribution in [3.8, 4) is 5.75 Å². The summed E-state index contributed by atoms with van der Waals surface area (Å²) in [5, 5.41) is 20.1. The molecular formula is C16H14ClN5O4. The average molecular weight is 376 g/mol. The molecule has 2 aromatic heterocycles. The Kier molecular flexibility index (Phi) is 4.90. The number of halogens is 1. The molecule has 26 heavy (non-hydrogen) atoms. The van der Waals surface area contributed by atoms with Crippen molar-refractivity contribution in [2.45, 2.75) is 6.73 Å². The second-order valence-electron chi connectivity index (χ2n) is 5.26. The molecule has 0 radical (unpaired) electrons. The van der Waals surface area contributed by atoms with Gasteiger partial charge in [0.25, 0.3) is 5.91 Å². The van der Waals surface area contributed by atoms with E-state index in [0.717, 1.165) is 4.68 Å². The van der Waals surface area contributed by atoms with Crippen molar-refractivity contribution in [1.82, 2.24) is 19.6 Å². The highest BCUT2D eigenvalue weighted by Crippen LogP contribution is 2.18. The van der Waals surface area contributed by atoms with Gasteiger partial charge in [0.1, 0.15) is 5.75 Å². The Bertz CT molecular complexity index is 965. The van der Waals surface area contributed by atoms with Crippen molar-refractivity contribution >= 4 is 29.2 Å². The first-order valence-corrected chi connectivity index (χ1v) is 7.80. The number of aromatic nitrogens is 4. The van der Waals surface area contributed by atoms with E-state index in [4.69, 9.17) is 21.4 Å². The van der Waals surface area contributed by atoms with Crippen LogP contribution in [0.25, 0.3) is 0 Å². The van der Waals surface area contributed by atoms with Crippen LogP contribution in [0.2, 0.25) is 5.02 Å². The quantitative estimate of drug-likeness (QED) is 0.683. The van der Waals surface area contributed by atoms with Gasteiger partial charge in [-0.05, 0) is 24.3 Å². The molecule has 0 aliphatic carbocycles. The number of nitrogens with one attached hydrogen (secondary N) is 1. The molecule has 0 saturated carbocycles. The summed E-state index contributed by atoms with van der Waals surface area (Å²) in [6.07, 6.45) is 2.83. The molecule has 1 aromatic carbocycles. The molecule has 3 rings (SSSR count). The van der Waals surface area contributed by atoms with E-state index in [1.165, 1.54) is 24.0 Å². The maximum atomic E-state index is 12.3. The number of aryl methyl sites for hydroxylation is 1. The van der Waals surface area contributed by atoms with Crippen LogP contribution in [0.3, 0.4) is 0 Å². The third-order valence-electron chi connectivity index (χ3n) is 3.42. The zero-order chi connectivity index (χ0) is 18.7. The van der Waals surface area contributed by atoms with Crippen LogP contribution in [0.5, 0.6) is 5.75 Å². The largest absolute Gasteiger partial charge is 0.476 e. The Morgan fingerprint density at radius 3 is 2.88 bits per heavy atom. The number of amides is 1. The molecule has 3 aromatic rings. The molecule has 10 heteroatoms. The third-order valence-corrected chi connectivity index (χ3v) is 3.66. The number of carbonyl (C=O) groups is 2. The Balaban J connectivity index is 1.66. The van der Waals surface area contributed by atoms with Crippen molar-refractivity contribution in [3.05, 3.63) is 59.1 Å². The van der Waals surface area contributed by atoms with Gasteiger partial charge in [0, 0.05) is 18.3 Å². The molecule has 0 atom stereocenters. The summed E-state index contributed by atoms with van der Waals surface area (Å²) in [6.45, 7) is 0.0842. The van der Waals surface area contributed by atoms with E-state index < -0.39 is 11.9 Å². The summed E-state index contributed by atoms with van der Waals surface area (Å²) in [4.78, 5) is 23.5. The second-order valence-corrected chi connectivity index (χ2v) is 5.70. The minimum absolute atomic E-state index is 0.0842. The van der Waals surface area contributed by atoms with Gasteiger partial charge in [-0.2, -0.15) is 10.2 Å². The molecule has 0 saturated heterocycles. The van der Waals surface area contributed by atoms with E-state index in [0.29, 0.717) is 10.8 Å². The van der Waals surface area contributed by atoms with E-state index in [1.807, 2.05) is 0 Å². The zero-order valence-electron chi connectivity index (χ0n) is 13.6. The van der Waals surface area contributed by atoms with Crippen LogP contribution in [0.4, 0.5) is 5.69 Å². The number of anilines is 1. The normalized spacial score (nSPS) is 10.5. The first-order valence-electron chi connectivity index (χ1n) is 7.42. The number of carboxylic acids is 1. The summed E-state index contributed by atoms with van der Waals surface area (Å²) < 4.78 is 8.12. The van der Waals surface area contributed by atoms with Gasteiger partial charge < -0.3 is 15.2 Å². The summed E-state index contributed by atoms with van der Waals surface area (Å²) in [5.41, 5.74) is 0.0803. The predicted molar refractivity (Wildman–Crippen MR) is 92.4 cm³/mol. The number of carbonyl (C=O) groups excluding carboxylic acids is 1. The summed E-state index contributed by atoms with van der Waals surface area (Å²) >= 11 is 5.88. The van der Waals surface area contributed by atoms with Gasteiger partial charge in [-0.25, -0.2) is 9.48 Å². The molecule has 0 bridgehead atoms. The van der Waals surface area contributed by atoms with E-state index in [2.05, 4.69) is 15.5 Å². The fourth-order valence-corrected chi connectivity index (χ4v) is 2.40. The maximum absolute atomic E-state index is 12.3. The molecule has 134 valence electrons. The molecule has 2 N–H and O–H groups in total. The third kappa shape index (κ3) is 3.83. The highest BCUT2D eigenvalue weighted by atomic mass is 35.5. The molecule has 0 spiro atoms. The van der Waals surface area contributed by atoms with E-state index in [9.17, 15) is 9.59 Å². The van der Waals surface area contributed by atoms with Gasteiger partial charge in [0.2, 0.25) is 0 Å². The molecular weight excluding hydrogens is 362 g/mol. The molecule has 0 aliphatic rings. The van der Waals surface area contributed by atoms with Crippen molar-refractivity contribution in [2.24, 2.45) is 7.05 Å². The summed E-state index contributed by atoms with van der Waals surface area (Å²) in [5.74, 6) is -1.18. The lowest BCUT2D eigenvalue weighted by Crippen LogP contribution is -2.16. The second kappa shape index (κ2) is 7.28. The molecule has 0 unspecified atom stereocenters. The summed E-state index contributed by atoms with van der Waals surface area (Å²) in [7, 11) is 1.47. The average Bonchev–Trinajstić information content (AvgIpc) is 3.20. The van der Waals surface area contributed by atoms with E-state index in [-0.39, 0.29) is 23.8 Å². The number of ether oxygens (including phenoxy) is 1. The number of hydrogen-bond acceptors (Lipinski definition) is 5. The number of rotatable bonds is 6. The maximum Gasteiger partial charge on any atom is 0.356 e. The number of benzene rings is 1. The fraction of sp³-hybridized carbons (Fsp3) is 0.125. The minimum atomic E-state index is -1.19. The molecule has 9 nitrogen and oxygen atoms in total. The van der Waals surface area contributed by atoms with Gasteiger partial charge in [0.15, 0.2) is 18.1 Å². The highest BCUT2D eigenvalue weighted by molar-refractivity contribution is 6.30. The summed E-state index contributed by atoms with van der Waals surface area (Å²) in [6, 6.07) is 8.39. The van der Waals surface area contributed by atoms with Crippen LogP contribution >= 0.6 is 11.6 Å². The van der Waals surface area contributed by atoms with Crippen LogP contribution in [0.1, 0.15) is 21.0 Å². The van der Waals surface area contributed by atoms with Gasteiger partial charge in [-0.1, -0.05) is 17.7 Å². The number of aromatic carboxylic acids is 1. The number of nitrogens with zero attached hydrogens (tertiary/aromatic N) is 4. The number of carboxylic acid groups (broad SMARTS) is 1. The SMILES string of the molecule is Cn1ncc(NC(=O)c2ccn(COc3cccc(Cl)c3)n2)c1C(=O)O. The lowest BCUT2D eigenvalue weighted by atomic mass is 10.3. The van der Waals surface area contributed by atoms with Crippen molar-refractivity contribution in [3.63, 3.8) is 0 Å². The van der Waals surface area contributed by atoms with Crippen LogP contribution in [0, 0.1) is 0 Å². The first kappa shape index (κ1) is 17.5. The Morgan fingerprint density at radius 2 is 2.15 bits per heavy atom. The number of hydrogen-bond donors (Lipinski definition) is 2. The van der Waals surface area contributed by atoms with Gasteiger partial charge >= 0.3 is 5.97 Å². The van der Waals surface area contributed by atoms with Gasteiger partial charge in [0.05, 0.1) is 11.9 Å². The fourth-order valence-electron chi connectivity index (χ4n) is 2.22. The predicted octanol–water partition coefficient (Wildman–Crippen LogP) is 2.26. The first-order chi connectivity index (χ1) is 12.4. The monoisotopic (exact) mass is 375 g/mol. The van der Waals surface area contributed by atoms with Crippen molar-refractivity contribution in [1.29, 1.82) is 0 Å². The zero-order valence-corrected chi connectivity index (χ0v) is 14.3. The highest BCUT2D eigenvalue weighted by Gasteiger charge is 2.19. The van der Waals surface area contributed by atoms with Crippen LogP contribution < -0.4 is 10.1 Å². The molecule has 0 aliphatic heterocycles. The molecule has 2 heterocycles. The van der Waals surface area contributed by atoms with Crippen LogP contribution in [-0.4, -0.2) is 36.5 Å². The van der Waals surface area contributed by atoms with E-state index in [1.54, 1.807) is 30.5 Å². The van der Waals surface area contributed by atoms with Crippen molar-refractivity contribution < 1.29 is 19.4 Å². The van der Waals surface area contributed by atoms with E-state index >= 15 is 0 Å². The lowest BCUT2D eigenvalue weighted by molar-refractivity contribution is 0.0686. The Morgan fingerprint density at radius 1 is 1.35 bits per heavy atom. The lowest BCUT2D eigenvalue weighted by Gasteiger charge is -2.06. The van der Waals surface area contributed by atoms with Crippen molar-refractivity contribution in [2.75, 3.05) is 5.32 Å². The van der Waals surface area contributed by atoms with Gasteiger partial charge in [-0.3, -0.25) is 9.48 Å². The Labute approximate surface area is 152 Å². The molecule has 0 fully saturated rings. The smallest absolute Gasteiger partial charge is 0.356 e. The molecule has 1 amide bonds. The topological polar surface area (TPSA) is 111 Å². The minimum Gasteiger partial charge on any atom is -0.476 e. The van der Waals surface area contributed by atoms with Crippen LogP contribution in [0.15, 0.2) is 42.7 Å². The van der Waals surface area contributed by atoms with Crippen LogP contribution in [-0.2, 0) is 13.8 Å². The van der Waals surface area contributed by atoms with Gasteiger partial charge in [-0.15, -0.1) is 0 Å².